The number of benzene rings is 1. The summed E-state index contributed by atoms with van der Waals surface area (Å²) in [5.74, 6) is 0.0873. The summed E-state index contributed by atoms with van der Waals surface area (Å²) in [7, 11) is 0. The summed E-state index contributed by atoms with van der Waals surface area (Å²) in [6.45, 7) is 3.13. The first kappa shape index (κ1) is 21.5. The molecular weight excluding hydrogens is 360 g/mol. The van der Waals surface area contributed by atoms with Crippen LogP contribution >= 0.6 is 0 Å². The second-order valence-corrected chi connectivity index (χ2v) is 6.80. The van der Waals surface area contributed by atoms with E-state index in [2.05, 4.69) is 6.07 Å². The molecule has 0 amide bonds. The Hall–Kier alpha value is -2.82. The van der Waals surface area contributed by atoms with Gasteiger partial charge in [0.2, 0.25) is 0 Å². The molecular formula is C21H26N2O5. The number of nitriles is 1. The highest BCUT2D eigenvalue weighted by Crippen LogP contribution is 2.33. The van der Waals surface area contributed by atoms with E-state index in [0.717, 1.165) is 6.42 Å². The summed E-state index contributed by atoms with van der Waals surface area (Å²) in [5, 5.41) is 30.0. The van der Waals surface area contributed by atoms with Crippen molar-refractivity contribution in [3.8, 4) is 17.6 Å². The van der Waals surface area contributed by atoms with Gasteiger partial charge < -0.3 is 25.4 Å². The summed E-state index contributed by atoms with van der Waals surface area (Å²) in [5.41, 5.74) is 5.86. The minimum atomic E-state index is -1.20. The van der Waals surface area contributed by atoms with Crippen LogP contribution in [-0.4, -0.2) is 40.9 Å². The Morgan fingerprint density at radius 2 is 2.18 bits per heavy atom. The fourth-order valence-corrected chi connectivity index (χ4v) is 2.96. The van der Waals surface area contributed by atoms with E-state index in [4.69, 9.17) is 15.2 Å². The number of rotatable bonds is 9. The third-order valence-electron chi connectivity index (χ3n) is 4.42. The molecule has 150 valence electrons. The van der Waals surface area contributed by atoms with Gasteiger partial charge in [-0.25, -0.2) is 0 Å². The van der Waals surface area contributed by atoms with Crippen LogP contribution in [0.1, 0.15) is 42.6 Å². The quantitative estimate of drug-likeness (QED) is 0.556. The fraction of sp³-hybridized carbons (Fsp3) is 0.429. The van der Waals surface area contributed by atoms with Crippen LogP contribution in [0.2, 0.25) is 0 Å². The van der Waals surface area contributed by atoms with Crippen molar-refractivity contribution in [1.29, 1.82) is 5.26 Å². The van der Waals surface area contributed by atoms with Crippen LogP contribution in [-0.2, 0) is 11.2 Å². The summed E-state index contributed by atoms with van der Waals surface area (Å²) >= 11 is 0. The number of nitrogens with zero attached hydrogens (tertiary/aromatic N) is 1. The Balaban J connectivity index is 2.01. The molecule has 0 heterocycles. The number of ketones is 1. The van der Waals surface area contributed by atoms with Crippen molar-refractivity contribution in [1.82, 2.24) is 0 Å². The Labute approximate surface area is 164 Å². The first-order valence-electron chi connectivity index (χ1n) is 9.17. The maximum atomic E-state index is 11.6. The third kappa shape index (κ3) is 5.12. The maximum Gasteiger partial charge on any atom is 0.178 e. The molecule has 7 nitrogen and oxygen atoms in total. The SMILES string of the molecule is CCCc1c(OCC(O)COC2(C#N)C=CC=C(N)C2)ccc(C(C)=O)c1O. The normalized spacial score (nSPS) is 19.6. The van der Waals surface area contributed by atoms with Gasteiger partial charge in [0.15, 0.2) is 11.4 Å². The number of phenolic OH excluding ortho intramolecular Hbond substituents is 1. The number of hydrogen-bond donors (Lipinski definition) is 3. The predicted octanol–water partition coefficient (Wildman–Crippen LogP) is 2.37. The minimum absolute atomic E-state index is 0.0874. The van der Waals surface area contributed by atoms with Crippen molar-refractivity contribution >= 4 is 5.78 Å². The highest BCUT2D eigenvalue weighted by Gasteiger charge is 2.31. The Kier molecular flexibility index (Phi) is 7.21. The number of carbonyl (C=O) groups is 1. The lowest BCUT2D eigenvalue weighted by Crippen LogP contribution is -2.36. The largest absolute Gasteiger partial charge is 0.507 e. The maximum absolute atomic E-state index is 11.6. The summed E-state index contributed by atoms with van der Waals surface area (Å²) in [4.78, 5) is 11.6. The number of carbonyl (C=O) groups excluding carboxylic acids is 1. The van der Waals surface area contributed by atoms with Gasteiger partial charge in [-0.1, -0.05) is 19.4 Å². The lowest BCUT2D eigenvalue weighted by Gasteiger charge is -2.27. The van der Waals surface area contributed by atoms with Crippen LogP contribution in [0.5, 0.6) is 11.5 Å². The molecule has 7 heteroatoms. The molecule has 1 aromatic carbocycles. The zero-order valence-corrected chi connectivity index (χ0v) is 16.1. The van der Waals surface area contributed by atoms with Crippen LogP contribution in [0.4, 0.5) is 0 Å². The number of phenols is 1. The number of allylic oxidation sites excluding steroid dienone is 2. The Morgan fingerprint density at radius 1 is 1.43 bits per heavy atom. The van der Waals surface area contributed by atoms with Gasteiger partial charge in [0, 0.05) is 17.7 Å². The van der Waals surface area contributed by atoms with Gasteiger partial charge in [-0.05, 0) is 37.6 Å². The van der Waals surface area contributed by atoms with Crippen molar-refractivity contribution in [2.45, 2.75) is 44.8 Å². The molecule has 0 fully saturated rings. The molecule has 28 heavy (non-hydrogen) atoms. The van der Waals surface area contributed by atoms with E-state index in [-0.39, 0.29) is 36.7 Å². The van der Waals surface area contributed by atoms with E-state index >= 15 is 0 Å². The first-order valence-corrected chi connectivity index (χ1v) is 9.17. The van der Waals surface area contributed by atoms with E-state index in [9.17, 15) is 20.3 Å². The zero-order valence-electron chi connectivity index (χ0n) is 16.1. The number of nitrogens with two attached hydrogens (primary N) is 1. The predicted molar refractivity (Wildman–Crippen MR) is 104 cm³/mol. The van der Waals surface area contributed by atoms with E-state index < -0.39 is 11.7 Å². The van der Waals surface area contributed by atoms with E-state index in [1.165, 1.54) is 13.0 Å². The van der Waals surface area contributed by atoms with Crippen molar-refractivity contribution in [2.75, 3.05) is 13.2 Å². The molecule has 0 saturated heterocycles. The molecule has 2 rings (SSSR count). The van der Waals surface area contributed by atoms with Gasteiger partial charge in [0.05, 0.1) is 12.2 Å². The molecule has 0 aliphatic heterocycles. The second-order valence-electron chi connectivity index (χ2n) is 6.80. The number of aliphatic hydroxyl groups is 1. The molecule has 0 aromatic heterocycles. The lowest BCUT2D eigenvalue weighted by atomic mass is 9.94. The van der Waals surface area contributed by atoms with E-state index in [0.29, 0.717) is 23.4 Å². The zero-order chi connectivity index (χ0) is 20.7. The standard InChI is InChI=1S/C21H26N2O5/c1-3-5-18-19(8-7-17(14(2)24)20(18)26)27-11-16(25)12-28-21(13-22)9-4-6-15(23)10-21/h4,6-9,16,25-26H,3,5,10-12,23H2,1-2H3. The number of hydrogen-bond acceptors (Lipinski definition) is 7. The molecule has 1 aliphatic rings. The van der Waals surface area contributed by atoms with Gasteiger partial charge in [0.25, 0.3) is 0 Å². The highest BCUT2D eigenvalue weighted by atomic mass is 16.5. The molecule has 0 spiro atoms. The third-order valence-corrected chi connectivity index (χ3v) is 4.42. The lowest BCUT2D eigenvalue weighted by molar-refractivity contribution is -0.0369. The molecule has 2 atom stereocenters. The summed E-state index contributed by atoms with van der Waals surface area (Å²) in [6, 6.07) is 5.19. The molecule has 0 bridgehead atoms. The molecule has 2 unspecified atom stereocenters. The van der Waals surface area contributed by atoms with Crippen molar-refractivity contribution < 1.29 is 24.5 Å². The topological polar surface area (TPSA) is 126 Å². The fourth-order valence-electron chi connectivity index (χ4n) is 2.96. The van der Waals surface area contributed by atoms with Crippen molar-refractivity contribution in [3.63, 3.8) is 0 Å². The molecule has 0 saturated carbocycles. The van der Waals surface area contributed by atoms with Gasteiger partial charge >= 0.3 is 0 Å². The van der Waals surface area contributed by atoms with E-state index in [1.807, 2.05) is 6.92 Å². The van der Waals surface area contributed by atoms with Crippen LogP contribution in [0.15, 0.2) is 36.1 Å². The molecule has 0 radical (unpaired) electrons. The molecule has 1 aliphatic carbocycles. The Bertz CT molecular complexity index is 825. The van der Waals surface area contributed by atoms with Gasteiger partial charge in [-0.3, -0.25) is 4.79 Å². The first-order chi connectivity index (χ1) is 13.3. The van der Waals surface area contributed by atoms with Gasteiger partial charge in [-0.2, -0.15) is 5.26 Å². The van der Waals surface area contributed by atoms with Crippen LogP contribution in [0, 0.1) is 11.3 Å². The average molecular weight is 386 g/mol. The van der Waals surface area contributed by atoms with Gasteiger partial charge in [-0.15, -0.1) is 0 Å². The Morgan fingerprint density at radius 3 is 2.79 bits per heavy atom. The monoisotopic (exact) mass is 386 g/mol. The highest BCUT2D eigenvalue weighted by molar-refractivity contribution is 5.97. The minimum Gasteiger partial charge on any atom is -0.507 e. The summed E-state index contributed by atoms with van der Waals surface area (Å²) in [6.07, 6.45) is 5.48. The van der Waals surface area contributed by atoms with Crippen LogP contribution < -0.4 is 10.5 Å². The van der Waals surface area contributed by atoms with Crippen molar-refractivity contribution in [3.05, 3.63) is 47.2 Å². The number of aromatic hydroxyl groups is 1. The number of aliphatic hydroxyl groups excluding tert-OH is 1. The average Bonchev–Trinajstić information content (AvgIpc) is 2.66. The van der Waals surface area contributed by atoms with Crippen LogP contribution in [0.3, 0.4) is 0 Å². The summed E-state index contributed by atoms with van der Waals surface area (Å²) < 4.78 is 11.3. The number of Topliss-reactive ketones (excluding diaryl/α,β-unsaturated/α-hetero) is 1. The van der Waals surface area contributed by atoms with Gasteiger partial charge in [0.1, 0.15) is 30.3 Å². The molecule has 4 N–H and O–H groups in total. The molecule has 1 aromatic rings. The number of ether oxygens (including phenoxy) is 2. The van der Waals surface area contributed by atoms with Crippen LogP contribution in [0.25, 0.3) is 0 Å². The smallest absolute Gasteiger partial charge is 0.178 e. The van der Waals surface area contributed by atoms with Crippen molar-refractivity contribution in [2.24, 2.45) is 5.73 Å². The second kappa shape index (κ2) is 9.40. The van der Waals surface area contributed by atoms with E-state index in [1.54, 1.807) is 24.3 Å².